The van der Waals surface area contributed by atoms with Gasteiger partial charge in [0.1, 0.15) is 40.5 Å². The molecule has 2 aliphatic heterocycles. The number of aryl methyl sites for hydroxylation is 2. The van der Waals surface area contributed by atoms with E-state index in [4.69, 9.17) is 28.4 Å². The number of piperidine rings is 1. The lowest BCUT2D eigenvalue weighted by Crippen LogP contribution is -2.53. The molecule has 0 N–H and O–H groups in total. The number of hydrogen-bond acceptors (Lipinski definition) is 13. The number of amides is 3. The molecular weight excluding hydrogens is 878 g/mol. The van der Waals surface area contributed by atoms with E-state index in [0.29, 0.717) is 21.6 Å². The van der Waals surface area contributed by atoms with Crippen molar-refractivity contribution in [2.45, 2.75) is 117 Å². The molecule has 1 fully saturated rings. The summed E-state index contributed by atoms with van der Waals surface area (Å²) in [6.07, 6.45) is -6.71. The van der Waals surface area contributed by atoms with Crippen LogP contribution in [0.15, 0.2) is 41.4 Å². The summed E-state index contributed by atoms with van der Waals surface area (Å²) in [4.78, 5) is 59.2. The van der Waals surface area contributed by atoms with Gasteiger partial charge in [0.25, 0.3) is 5.91 Å². The van der Waals surface area contributed by atoms with Crippen LogP contribution in [-0.2, 0) is 51.1 Å². The minimum atomic E-state index is -4.87. The van der Waals surface area contributed by atoms with Crippen molar-refractivity contribution in [2.24, 2.45) is 4.99 Å². The maximum absolute atomic E-state index is 14.3. The summed E-state index contributed by atoms with van der Waals surface area (Å²) in [5, 5.41) is 0. The van der Waals surface area contributed by atoms with Crippen molar-refractivity contribution in [2.75, 3.05) is 65.5 Å². The normalized spacial score (nSPS) is 16.1. The minimum absolute atomic E-state index is 0.0290. The molecular formula is C45H63F3N4O12S. The van der Waals surface area contributed by atoms with Gasteiger partial charge < -0.3 is 33.3 Å². The third-order valence-electron chi connectivity index (χ3n) is 9.90. The summed E-state index contributed by atoms with van der Waals surface area (Å²) in [6.45, 7) is 17.3. The molecule has 0 saturated carbocycles. The van der Waals surface area contributed by atoms with Gasteiger partial charge >= 0.3 is 24.3 Å². The number of imide groups is 1. The lowest BCUT2D eigenvalue weighted by Gasteiger charge is -2.35. The number of rotatable bonds is 16. The molecule has 1 saturated heterocycles. The van der Waals surface area contributed by atoms with Crippen LogP contribution in [0, 0.1) is 6.92 Å². The number of esters is 1. The second-order valence-corrected chi connectivity index (χ2v) is 21.0. The Kier molecular flexibility index (Phi) is 16.9. The molecule has 2 aliphatic rings. The van der Waals surface area contributed by atoms with Crippen LogP contribution in [0.5, 0.6) is 5.75 Å². The smallest absolute Gasteiger partial charge is 0.423 e. The second kappa shape index (κ2) is 20.8. The Hall–Kier alpha value is -4.79. The molecule has 2 aromatic carbocycles. The van der Waals surface area contributed by atoms with Crippen molar-refractivity contribution >= 4 is 39.9 Å². The predicted octanol–water partition coefficient (Wildman–Crippen LogP) is 7.18. The van der Waals surface area contributed by atoms with E-state index in [1.807, 2.05) is 0 Å². The van der Waals surface area contributed by atoms with E-state index < -0.39 is 74.0 Å². The lowest BCUT2D eigenvalue weighted by atomic mass is 9.88. The van der Waals surface area contributed by atoms with Crippen molar-refractivity contribution in [1.82, 2.24) is 14.1 Å². The second-order valence-electron chi connectivity index (χ2n) is 18.9. The van der Waals surface area contributed by atoms with Crippen molar-refractivity contribution in [3.05, 3.63) is 64.2 Å². The highest BCUT2D eigenvalue weighted by Gasteiger charge is 2.54. The molecule has 0 unspecified atom stereocenters. The molecule has 0 radical (unpaired) electrons. The van der Waals surface area contributed by atoms with E-state index in [9.17, 15) is 40.8 Å². The van der Waals surface area contributed by atoms with Crippen LogP contribution in [0.1, 0.15) is 108 Å². The zero-order chi connectivity index (χ0) is 48.8. The Bertz CT molecular complexity index is 2190. The van der Waals surface area contributed by atoms with Crippen molar-refractivity contribution in [3.63, 3.8) is 0 Å². The number of carbonyl (C=O) groups is 4. The Morgan fingerprint density at radius 3 is 1.95 bits per heavy atom. The maximum atomic E-state index is 14.3. The van der Waals surface area contributed by atoms with Gasteiger partial charge in [-0.15, -0.1) is 0 Å². The Morgan fingerprint density at radius 2 is 1.38 bits per heavy atom. The first-order chi connectivity index (χ1) is 29.9. The standard InChI is InChI=1S/C45H63F3N4O12S/c1-30-26-32(37(53)62-41(2,3)4)13-12-31(30)14-25-65(57,58)51-17-15-44(16-18-51)38(54)52(40(56)64-43(8,9)10)36(49-44)33-27-34(45(46,47)48)29-35(28-33)61-24-23-60-22-21-59-20-19-50(11)39(55)63-42(5,6)7/h12-13,26-29H,14-25H2,1-11H3. The number of alkyl halides is 3. The summed E-state index contributed by atoms with van der Waals surface area (Å²) in [5.74, 6) is -2.27. The molecule has 2 heterocycles. The number of sulfonamides is 1. The van der Waals surface area contributed by atoms with E-state index in [1.165, 1.54) is 15.3 Å². The topological polar surface area (TPSA) is 180 Å². The highest BCUT2D eigenvalue weighted by molar-refractivity contribution is 7.89. The highest BCUT2D eigenvalue weighted by atomic mass is 32.2. The predicted molar refractivity (Wildman–Crippen MR) is 234 cm³/mol. The van der Waals surface area contributed by atoms with Gasteiger partial charge in [-0.25, -0.2) is 27.1 Å². The number of likely N-dealkylation sites (N-methyl/N-ethyl adjacent to an activating group) is 1. The summed E-state index contributed by atoms with van der Waals surface area (Å²) in [6, 6.07) is 7.67. The van der Waals surface area contributed by atoms with E-state index >= 15 is 0 Å². The third kappa shape index (κ3) is 15.4. The van der Waals surface area contributed by atoms with E-state index in [2.05, 4.69) is 4.99 Å². The fourth-order valence-electron chi connectivity index (χ4n) is 6.69. The zero-order valence-electron chi connectivity index (χ0n) is 39.2. The summed E-state index contributed by atoms with van der Waals surface area (Å²) >= 11 is 0. The Labute approximate surface area is 379 Å². The summed E-state index contributed by atoms with van der Waals surface area (Å²) in [7, 11) is -2.31. The molecule has 4 rings (SSSR count). The largest absolute Gasteiger partial charge is 0.491 e. The average molecular weight is 941 g/mol. The van der Waals surface area contributed by atoms with Gasteiger partial charge in [-0.2, -0.15) is 18.1 Å². The molecule has 2 aromatic rings. The van der Waals surface area contributed by atoms with Crippen LogP contribution in [0.2, 0.25) is 0 Å². The molecule has 0 bridgehead atoms. The van der Waals surface area contributed by atoms with Gasteiger partial charge in [-0.1, -0.05) is 6.07 Å². The monoisotopic (exact) mass is 940 g/mol. The Balaban J connectivity index is 1.45. The van der Waals surface area contributed by atoms with Crippen LogP contribution >= 0.6 is 0 Å². The number of aliphatic imine (C=N–C) groups is 1. The first kappa shape index (κ1) is 52.8. The molecule has 362 valence electrons. The van der Waals surface area contributed by atoms with Gasteiger partial charge in [0.15, 0.2) is 0 Å². The number of amidine groups is 1. The first-order valence-corrected chi connectivity index (χ1v) is 22.9. The van der Waals surface area contributed by atoms with E-state index in [0.717, 1.165) is 12.1 Å². The van der Waals surface area contributed by atoms with Crippen molar-refractivity contribution in [3.8, 4) is 5.75 Å². The first-order valence-electron chi connectivity index (χ1n) is 21.3. The van der Waals surface area contributed by atoms with Crippen molar-refractivity contribution < 1.29 is 69.2 Å². The fraction of sp³-hybridized carbons (Fsp3) is 0.622. The third-order valence-corrected chi connectivity index (χ3v) is 11.8. The fourth-order valence-corrected chi connectivity index (χ4v) is 8.17. The highest BCUT2D eigenvalue weighted by Crippen LogP contribution is 2.39. The molecule has 3 amide bonds. The van der Waals surface area contributed by atoms with Gasteiger partial charge in [0.05, 0.1) is 43.3 Å². The number of carbonyl (C=O) groups excluding carboxylic acids is 4. The van der Waals surface area contributed by atoms with Crippen LogP contribution in [0.3, 0.4) is 0 Å². The lowest BCUT2D eigenvalue weighted by molar-refractivity contribution is -0.137. The molecule has 20 heteroatoms. The van der Waals surface area contributed by atoms with Crippen LogP contribution in [0.25, 0.3) is 0 Å². The number of halogens is 3. The van der Waals surface area contributed by atoms with Gasteiger partial charge in [0.2, 0.25) is 10.0 Å². The number of nitrogens with zero attached hydrogens (tertiary/aromatic N) is 4. The van der Waals surface area contributed by atoms with Gasteiger partial charge in [-0.3, -0.25) is 9.79 Å². The molecule has 1 spiro atoms. The SMILES string of the molecule is Cc1cc(C(=O)OC(C)(C)C)ccc1CCS(=O)(=O)N1CCC2(CC1)N=C(c1cc(OCCOCCOCCN(C)C(=O)OC(C)(C)C)cc(C(F)(F)F)c1)N(C(=O)OC(C)(C)C)C2=O. The van der Waals surface area contributed by atoms with Crippen molar-refractivity contribution in [1.29, 1.82) is 0 Å². The van der Waals surface area contributed by atoms with Gasteiger partial charge in [0, 0.05) is 32.2 Å². The van der Waals surface area contributed by atoms with E-state index in [1.54, 1.807) is 94.5 Å². The zero-order valence-corrected chi connectivity index (χ0v) is 40.0. The maximum Gasteiger partial charge on any atom is 0.423 e. The number of benzene rings is 2. The van der Waals surface area contributed by atoms with E-state index in [-0.39, 0.29) is 89.0 Å². The van der Waals surface area contributed by atoms with Crippen LogP contribution in [-0.4, -0.2) is 140 Å². The minimum Gasteiger partial charge on any atom is -0.491 e. The molecule has 0 aromatic heterocycles. The molecule has 0 atom stereocenters. The molecule has 16 nitrogen and oxygen atoms in total. The quantitative estimate of drug-likeness (QED) is 0.0942. The number of hydrogen-bond donors (Lipinski definition) is 0. The van der Waals surface area contributed by atoms with Crippen LogP contribution < -0.4 is 4.74 Å². The molecule has 65 heavy (non-hydrogen) atoms. The molecule has 0 aliphatic carbocycles. The summed E-state index contributed by atoms with van der Waals surface area (Å²) in [5.41, 5.74) is -3.73. The Morgan fingerprint density at radius 1 is 0.800 bits per heavy atom. The summed E-state index contributed by atoms with van der Waals surface area (Å²) < 4.78 is 104. The number of ether oxygens (including phenoxy) is 6. The van der Waals surface area contributed by atoms with Gasteiger partial charge in [-0.05, 0) is 130 Å². The average Bonchev–Trinajstić information content (AvgIpc) is 3.45. The van der Waals surface area contributed by atoms with Crippen LogP contribution in [0.4, 0.5) is 22.8 Å².